The zero-order chi connectivity index (χ0) is 14.1. The highest BCUT2D eigenvalue weighted by Gasteiger charge is 2.13. The number of nitrogen functional groups attached to an aromatic ring is 1. The topological polar surface area (TPSA) is 77.8 Å². The van der Waals surface area contributed by atoms with Crippen molar-refractivity contribution in [1.82, 2.24) is 15.1 Å². The Morgan fingerprint density at radius 1 is 0.950 bits per heavy atom. The van der Waals surface area contributed by atoms with Crippen LogP contribution in [0.5, 0.6) is 0 Å². The zero-order valence-corrected chi connectivity index (χ0v) is 11.3. The minimum atomic E-state index is 0.474. The second-order valence-corrected chi connectivity index (χ2v) is 4.63. The van der Waals surface area contributed by atoms with Gasteiger partial charge in [0.2, 0.25) is 5.82 Å². The van der Waals surface area contributed by atoms with E-state index in [2.05, 4.69) is 15.1 Å². The van der Waals surface area contributed by atoms with Gasteiger partial charge in [-0.2, -0.15) is 4.98 Å². The molecule has 1 aromatic carbocycles. The summed E-state index contributed by atoms with van der Waals surface area (Å²) in [6, 6.07) is 11.2. The fraction of sp³-hybridized carbons (Fsp3) is 0.133. The standard InChI is InChI=1S/C15H14N4O/c1-9-3-8-13(10(2)17-9)15-18-14(19-20-15)11-4-6-12(16)7-5-11/h3-8H,16H2,1-2H3. The van der Waals surface area contributed by atoms with Gasteiger partial charge in [0.25, 0.3) is 5.89 Å². The third kappa shape index (κ3) is 2.25. The Morgan fingerprint density at radius 3 is 2.40 bits per heavy atom. The van der Waals surface area contributed by atoms with E-state index in [0.717, 1.165) is 22.5 Å². The molecule has 2 aromatic heterocycles. The average molecular weight is 266 g/mol. The van der Waals surface area contributed by atoms with Crippen molar-refractivity contribution in [2.24, 2.45) is 0 Å². The Kier molecular flexibility index (Phi) is 2.95. The smallest absolute Gasteiger partial charge is 0.260 e. The van der Waals surface area contributed by atoms with E-state index in [0.29, 0.717) is 17.4 Å². The molecule has 0 bridgehead atoms. The predicted molar refractivity (Wildman–Crippen MR) is 76.9 cm³/mol. The first-order valence-corrected chi connectivity index (χ1v) is 6.28. The van der Waals surface area contributed by atoms with E-state index in [1.54, 1.807) is 0 Å². The van der Waals surface area contributed by atoms with Crippen LogP contribution < -0.4 is 5.73 Å². The van der Waals surface area contributed by atoms with E-state index in [-0.39, 0.29) is 0 Å². The van der Waals surface area contributed by atoms with Gasteiger partial charge in [0.05, 0.1) is 11.3 Å². The molecule has 3 aromatic rings. The monoisotopic (exact) mass is 266 g/mol. The van der Waals surface area contributed by atoms with Gasteiger partial charge in [-0.15, -0.1) is 0 Å². The third-order valence-corrected chi connectivity index (χ3v) is 3.05. The number of hydrogen-bond acceptors (Lipinski definition) is 5. The van der Waals surface area contributed by atoms with Gasteiger partial charge in [0.15, 0.2) is 0 Å². The van der Waals surface area contributed by atoms with Crippen LogP contribution in [0.15, 0.2) is 40.9 Å². The van der Waals surface area contributed by atoms with E-state index in [9.17, 15) is 0 Å². The fourth-order valence-corrected chi connectivity index (χ4v) is 1.99. The molecule has 100 valence electrons. The van der Waals surface area contributed by atoms with Crippen LogP contribution in [0.25, 0.3) is 22.8 Å². The fourth-order valence-electron chi connectivity index (χ4n) is 1.99. The first-order valence-electron chi connectivity index (χ1n) is 6.28. The third-order valence-electron chi connectivity index (χ3n) is 3.05. The summed E-state index contributed by atoms with van der Waals surface area (Å²) in [5.74, 6) is 1.02. The molecule has 3 rings (SSSR count). The van der Waals surface area contributed by atoms with Crippen molar-refractivity contribution in [2.45, 2.75) is 13.8 Å². The normalized spacial score (nSPS) is 10.7. The van der Waals surface area contributed by atoms with E-state index >= 15 is 0 Å². The van der Waals surface area contributed by atoms with Crippen molar-refractivity contribution >= 4 is 5.69 Å². The van der Waals surface area contributed by atoms with Crippen molar-refractivity contribution in [3.63, 3.8) is 0 Å². The number of anilines is 1. The molecule has 5 nitrogen and oxygen atoms in total. The maximum absolute atomic E-state index is 5.66. The number of rotatable bonds is 2. The number of nitrogens with two attached hydrogens (primary N) is 1. The quantitative estimate of drug-likeness (QED) is 0.721. The molecule has 20 heavy (non-hydrogen) atoms. The summed E-state index contributed by atoms with van der Waals surface area (Å²) in [7, 11) is 0. The van der Waals surface area contributed by atoms with Gasteiger partial charge in [-0.25, -0.2) is 0 Å². The van der Waals surface area contributed by atoms with E-state index in [4.69, 9.17) is 10.3 Å². The lowest BCUT2D eigenvalue weighted by Gasteiger charge is -2.00. The number of aromatic nitrogens is 3. The average Bonchev–Trinajstić information content (AvgIpc) is 2.89. The molecule has 5 heteroatoms. The molecule has 0 saturated heterocycles. The van der Waals surface area contributed by atoms with Gasteiger partial charge in [-0.3, -0.25) is 4.98 Å². The Bertz CT molecular complexity index is 747. The Balaban J connectivity index is 1.99. The van der Waals surface area contributed by atoms with Crippen LogP contribution in [-0.4, -0.2) is 15.1 Å². The molecule has 0 amide bonds. The molecule has 2 N–H and O–H groups in total. The van der Waals surface area contributed by atoms with Gasteiger partial charge in [-0.05, 0) is 50.2 Å². The Hall–Kier alpha value is -2.69. The number of pyridine rings is 1. The minimum absolute atomic E-state index is 0.474. The number of aryl methyl sites for hydroxylation is 2. The molecule has 0 spiro atoms. The summed E-state index contributed by atoms with van der Waals surface area (Å²) in [5, 5.41) is 4.00. The Labute approximate surface area is 116 Å². The second-order valence-electron chi connectivity index (χ2n) is 4.63. The molecule has 0 aliphatic carbocycles. The minimum Gasteiger partial charge on any atom is -0.399 e. The lowest BCUT2D eigenvalue weighted by atomic mass is 10.2. The van der Waals surface area contributed by atoms with Gasteiger partial charge in [0.1, 0.15) is 0 Å². The SMILES string of the molecule is Cc1ccc(-c2nc(-c3ccc(N)cc3)no2)c(C)n1. The highest BCUT2D eigenvalue weighted by Crippen LogP contribution is 2.24. The van der Waals surface area contributed by atoms with E-state index < -0.39 is 0 Å². The largest absolute Gasteiger partial charge is 0.399 e. The molecule has 0 unspecified atom stereocenters. The summed E-state index contributed by atoms with van der Waals surface area (Å²) in [6.07, 6.45) is 0. The number of nitrogens with zero attached hydrogens (tertiary/aromatic N) is 3. The lowest BCUT2D eigenvalue weighted by Crippen LogP contribution is -1.90. The molecule has 0 fully saturated rings. The van der Waals surface area contributed by atoms with Crippen LogP contribution in [-0.2, 0) is 0 Å². The molecule has 2 heterocycles. The highest BCUT2D eigenvalue weighted by atomic mass is 16.5. The van der Waals surface area contributed by atoms with Gasteiger partial charge in [0, 0.05) is 16.9 Å². The zero-order valence-electron chi connectivity index (χ0n) is 11.3. The summed E-state index contributed by atoms with van der Waals surface area (Å²) < 4.78 is 5.32. The van der Waals surface area contributed by atoms with Crippen LogP contribution in [0.1, 0.15) is 11.4 Å². The van der Waals surface area contributed by atoms with Crippen LogP contribution in [0, 0.1) is 13.8 Å². The molecule has 0 atom stereocenters. The van der Waals surface area contributed by atoms with Crippen molar-refractivity contribution < 1.29 is 4.52 Å². The van der Waals surface area contributed by atoms with Crippen LogP contribution in [0.2, 0.25) is 0 Å². The maximum Gasteiger partial charge on any atom is 0.260 e. The van der Waals surface area contributed by atoms with Crippen LogP contribution in [0.4, 0.5) is 5.69 Å². The van der Waals surface area contributed by atoms with Crippen molar-refractivity contribution in [3.8, 4) is 22.8 Å². The molecular weight excluding hydrogens is 252 g/mol. The van der Waals surface area contributed by atoms with Crippen LogP contribution >= 0.6 is 0 Å². The van der Waals surface area contributed by atoms with Crippen molar-refractivity contribution in [1.29, 1.82) is 0 Å². The van der Waals surface area contributed by atoms with Crippen molar-refractivity contribution in [3.05, 3.63) is 47.8 Å². The number of benzene rings is 1. The van der Waals surface area contributed by atoms with Crippen LogP contribution in [0.3, 0.4) is 0 Å². The molecular formula is C15H14N4O. The maximum atomic E-state index is 5.66. The van der Waals surface area contributed by atoms with Gasteiger partial charge < -0.3 is 10.3 Å². The molecule has 0 aliphatic rings. The Morgan fingerprint density at radius 2 is 1.70 bits per heavy atom. The predicted octanol–water partition coefficient (Wildman–Crippen LogP) is 3.00. The lowest BCUT2D eigenvalue weighted by molar-refractivity contribution is 0.432. The van der Waals surface area contributed by atoms with Gasteiger partial charge in [-0.1, -0.05) is 5.16 Å². The number of hydrogen-bond donors (Lipinski definition) is 1. The molecule has 0 radical (unpaired) electrons. The molecule has 0 saturated carbocycles. The summed E-state index contributed by atoms with van der Waals surface area (Å²) in [5.41, 5.74) is 9.92. The highest BCUT2D eigenvalue weighted by molar-refractivity contribution is 5.62. The summed E-state index contributed by atoms with van der Waals surface area (Å²) >= 11 is 0. The second kappa shape index (κ2) is 4.77. The van der Waals surface area contributed by atoms with Gasteiger partial charge >= 0.3 is 0 Å². The first kappa shape index (κ1) is 12.3. The molecule has 0 aliphatic heterocycles. The first-order chi connectivity index (χ1) is 9.63. The summed E-state index contributed by atoms with van der Waals surface area (Å²) in [6.45, 7) is 3.87. The van der Waals surface area contributed by atoms with E-state index in [1.807, 2.05) is 50.2 Å². The van der Waals surface area contributed by atoms with Crippen molar-refractivity contribution in [2.75, 3.05) is 5.73 Å². The van der Waals surface area contributed by atoms with E-state index in [1.165, 1.54) is 0 Å². The summed E-state index contributed by atoms with van der Waals surface area (Å²) in [4.78, 5) is 8.81.